The number of aromatic nitrogens is 1. The van der Waals surface area contributed by atoms with E-state index in [-0.39, 0.29) is 6.42 Å². The van der Waals surface area contributed by atoms with Gasteiger partial charge in [0.15, 0.2) is 5.78 Å². The number of nitrogens with zero attached hydrogens (tertiary/aromatic N) is 2. The first-order valence-corrected chi connectivity index (χ1v) is 8.37. The van der Waals surface area contributed by atoms with Crippen molar-refractivity contribution < 1.29 is 22.8 Å². The Morgan fingerprint density at radius 2 is 1.92 bits per heavy atom. The van der Waals surface area contributed by atoms with E-state index in [1.807, 2.05) is 12.1 Å². The van der Waals surface area contributed by atoms with Gasteiger partial charge in [-0.25, -0.2) is 0 Å². The minimum absolute atomic E-state index is 0.0400. The Kier molecular flexibility index (Phi) is 6.92. The molecule has 1 aromatic heterocycles. The van der Waals surface area contributed by atoms with E-state index in [9.17, 15) is 22.8 Å². The molecule has 1 amide bonds. The number of carbonyl (C=O) groups excluding carboxylic acids is 2. The molecular formula is C17H22F3N3O2. The molecule has 0 bridgehead atoms. The normalized spacial score (nSPS) is 15.8. The molecule has 0 spiro atoms. The van der Waals surface area contributed by atoms with Gasteiger partial charge >= 0.3 is 12.1 Å². The number of alkyl halides is 3. The smallest absolute Gasteiger partial charge is 0.341 e. The van der Waals surface area contributed by atoms with Crippen molar-refractivity contribution in [3.05, 3.63) is 29.6 Å². The maximum absolute atomic E-state index is 12.0. The SMILES string of the molecule is O=C(CCc1cc(CN2CCCCC2)ccn1)CNC(=O)C(F)(F)F. The van der Waals surface area contributed by atoms with Crippen LogP contribution in [0.15, 0.2) is 18.3 Å². The summed E-state index contributed by atoms with van der Waals surface area (Å²) in [6.07, 6.45) is 0.777. The zero-order chi connectivity index (χ0) is 18.3. The second-order valence-electron chi connectivity index (χ2n) is 6.21. The van der Waals surface area contributed by atoms with E-state index in [1.165, 1.54) is 19.3 Å². The van der Waals surface area contributed by atoms with Crippen LogP contribution in [0.5, 0.6) is 0 Å². The number of halogens is 3. The molecule has 0 aromatic carbocycles. The average molecular weight is 357 g/mol. The van der Waals surface area contributed by atoms with E-state index >= 15 is 0 Å². The third kappa shape index (κ3) is 6.81. The van der Waals surface area contributed by atoms with Crippen molar-refractivity contribution in [2.75, 3.05) is 19.6 Å². The van der Waals surface area contributed by atoms with Crippen molar-refractivity contribution in [1.82, 2.24) is 15.2 Å². The van der Waals surface area contributed by atoms with E-state index in [2.05, 4.69) is 9.88 Å². The van der Waals surface area contributed by atoms with Gasteiger partial charge in [-0.1, -0.05) is 6.42 Å². The zero-order valence-corrected chi connectivity index (χ0v) is 13.9. The van der Waals surface area contributed by atoms with Gasteiger partial charge in [-0.15, -0.1) is 0 Å². The third-order valence-electron chi connectivity index (χ3n) is 4.10. The van der Waals surface area contributed by atoms with Gasteiger partial charge in [0, 0.05) is 24.9 Å². The summed E-state index contributed by atoms with van der Waals surface area (Å²) in [6.45, 7) is 2.38. The Bertz CT molecular complexity index is 599. The van der Waals surface area contributed by atoms with E-state index in [0.717, 1.165) is 30.9 Å². The molecule has 0 aliphatic carbocycles. The number of likely N-dealkylation sites (tertiary alicyclic amines) is 1. The van der Waals surface area contributed by atoms with Crippen molar-refractivity contribution in [3.63, 3.8) is 0 Å². The van der Waals surface area contributed by atoms with Crippen LogP contribution >= 0.6 is 0 Å². The predicted octanol–water partition coefficient (Wildman–Crippen LogP) is 2.25. The van der Waals surface area contributed by atoms with Crippen LogP contribution in [-0.2, 0) is 22.6 Å². The molecule has 1 aliphatic rings. The first kappa shape index (κ1) is 19.4. The number of Topliss-reactive ketones (excluding diaryl/α,β-unsaturated/α-hetero) is 1. The summed E-state index contributed by atoms with van der Waals surface area (Å²) >= 11 is 0. The highest BCUT2D eigenvalue weighted by Crippen LogP contribution is 2.15. The number of rotatable bonds is 7. The first-order valence-electron chi connectivity index (χ1n) is 8.37. The number of hydrogen-bond acceptors (Lipinski definition) is 4. The number of ketones is 1. The molecule has 0 saturated carbocycles. The molecule has 1 aliphatic heterocycles. The highest BCUT2D eigenvalue weighted by atomic mass is 19.4. The summed E-state index contributed by atoms with van der Waals surface area (Å²) in [5.41, 5.74) is 1.84. The molecule has 1 N–H and O–H groups in total. The average Bonchev–Trinajstić information content (AvgIpc) is 2.58. The second-order valence-corrected chi connectivity index (χ2v) is 6.21. The summed E-state index contributed by atoms with van der Waals surface area (Å²) < 4.78 is 36.1. The summed E-state index contributed by atoms with van der Waals surface area (Å²) in [5, 5.41) is 1.58. The quantitative estimate of drug-likeness (QED) is 0.813. The van der Waals surface area contributed by atoms with Crippen molar-refractivity contribution in [2.24, 2.45) is 0 Å². The monoisotopic (exact) mass is 357 g/mol. The van der Waals surface area contributed by atoms with E-state index in [0.29, 0.717) is 6.42 Å². The molecule has 0 unspecified atom stereocenters. The van der Waals surface area contributed by atoms with E-state index < -0.39 is 24.4 Å². The zero-order valence-electron chi connectivity index (χ0n) is 13.9. The van der Waals surface area contributed by atoms with Crippen molar-refractivity contribution >= 4 is 11.7 Å². The Hall–Kier alpha value is -1.96. The van der Waals surface area contributed by atoms with Gasteiger partial charge in [-0.05, 0) is 50.0 Å². The largest absolute Gasteiger partial charge is 0.471 e. The summed E-state index contributed by atoms with van der Waals surface area (Å²) in [6, 6.07) is 3.86. The molecule has 138 valence electrons. The number of piperidine rings is 1. The molecule has 1 aromatic rings. The topological polar surface area (TPSA) is 62.3 Å². The van der Waals surface area contributed by atoms with Gasteiger partial charge in [-0.2, -0.15) is 13.2 Å². The number of aryl methyl sites for hydroxylation is 1. The van der Waals surface area contributed by atoms with Gasteiger partial charge in [0.25, 0.3) is 0 Å². The van der Waals surface area contributed by atoms with Gasteiger partial charge in [0.05, 0.1) is 6.54 Å². The standard InChI is InChI=1S/C17H22F3N3O2/c18-17(19,20)16(25)22-11-15(24)5-4-14-10-13(6-7-21-14)12-23-8-2-1-3-9-23/h6-7,10H,1-5,8-9,11-12H2,(H,22,25). The van der Waals surface area contributed by atoms with Crippen molar-refractivity contribution in [3.8, 4) is 0 Å². The summed E-state index contributed by atoms with van der Waals surface area (Å²) in [5.74, 6) is -2.55. The lowest BCUT2D eigenvalue weighted by molar-refractivity contribution is -0.173. The maximum atomic E-state index is 12.0. The molecule has 0 atom stereocenters. The fourth-order valence-corrected chi connectivity index (χ4v) is 2.77. The number of hydrogen-bond donors (Lipinski definition) is 1. The first-order chi connectivity index (χ1) is 11.8. The van der Waals surface area contributed by atoms with Crippen LogP contribution in [0.2, 0.25) is 0 Å². The number of nitrogens with one attached hydrogen (secondary N) is 1. The number of amides is 1. The van der Waals surface area contributed by atoms with Gasteiger partial charge in [0.1, 0.15) is 0 Å². The minimum Gasteiger partial charge on any atom is -0.341 e. The molecular weight excluding hydrogens is 335 g/mol. The lowest BCUT2D eigenvalue weighted by atomic mass is 10.1. The molecule has 5 nitrogen and oxygen atoms in total. The summed E-state index contributed by atoms with van der Waals surface area (Å²) in [4.78, 5) is 28.9. The molecule has 25 heavy (non-hydrogen) atoms. The Balaban J connectivity index is 1.77. The summed E-state index contributed by atoms with van der Waals surface area (Å²) in [7, 11) is 0. The number of pyridine rings is 1. The predicted molar refractivity (Wildman–Crippen MR) is 85.8 cm³/mol. The van der Waals surface area contributed by atoms with Crippen molar-refractivity contribution in [2.45, 2.75) is 44.8 Å². The van der Waals surface area contributed by atoms with Crippen LogP contribution < -0.4 is 5.32 Å². The lowest BCUT2D eigenvalue weighted by Crippen LogP contribution is -2.39. The molecule has 2 heterocycles. The maximum Gasteiger partial charge on any atom is 0.471 e. The number of carbonyl (C=O) groups is 2. The fraction of sp³-hybridized carbons (Fsp3) is 0.588. The van der Waals surface area contributed by atoms with Crippen molar-refractivity contribution in [1.29, 1.82) is 0 Å². The van der Waals surface area contributed by atoms with Gasteiger partial charge < -0.3 is 5.32 Å². The highest BCUT2D eigenvalue weighted by molar-refractivity contribution is 5.88. The minimum atomic E-state index is -4.97. The van der Waals surface area contributed by atoms with Crippen LogP contribution in [-0.4, -0.2) is 47.4 Å². The molecule has 2 rings (SSSR count). The van der Waals surface area contributed by atoms with Crippen LogP contribution in [0, 0.1) is 0 Å². The Labute approximate surface area is 144 Å². The van der Waals surface area contributed by atoms with E-state index in [4.69, 9.17) is 0 Å². The highest BCUT2D eigenvalue weighted by Gasteiger charge is 2.38. The molecule has 8 heteroatoms. The van der Waals surface area contributed by atoms with Crippen LogP contribution in [0.3, 0.4) is 0 Å². The molecule has 1 saturated heterocycles. The molecule has 1 fully saturated rings. The lowest BCUT2D eigenvalue weighted by Gasteiger charge is -2.26. The second kappa shape index (κ2) is 8.94. The van der Waals surface area contributed by atoms with Crippen LogP contribution in [0.4, 0.5) is 13.2 Å². The third-order valence-corrected chi connectivity index (χ3v) is 4.10. The Morgan fingerprint density at radius 3 is 2.60 bits per heavy atom. The fourth-order valence-electron chi connectivity index (χ4n) is 2.77. The Morgan fingerprint density at radius 1 is 1.20 bits per heavy atom. The van der Waals surface area contributed by atoms with Crippen LogP contribution in [0.25, 0.3) is 0 Å². The van der Waals surface area contributed by atoms with Gasteiger partial charge in [-0.3, -0.25) is 19.5 Å². The van der Waals surface area contributed by atoms with E-state index in [1.54, 1.807) is 11.5 Å². The molecule has 0 radical (unpaired) electrons. The van der Waals surface area contributed by atoms with Crippen LogP contribution in [0.1, 0.15) is 36.9 Å². The van der Waals surface area contributed by atoms with Gasteiger partial charge in [0.2, 0.25) is 0 Å².